The lowest BCUT2D eigenvalue weighted by atomic mass is 9.95. The Balaban J connectivity index is 1.53. The molecule has 174 valence electrons. The monoisotopic (exact) mass is 453 g/mol. The topological polar surface area (TPSA) is 50.4 Å². The third-order valence-electron chi connectivity index (χ3n) is 6.24. The Morgan fingerprint density at radius 3 is 2.32 bits per heavy atom. The zero-order valence-corrected chi connectivity index (χ0v) is 19.8. The number of nitrogens with zero attached hydrogens (tertiary/aromatic N) is 2. The number of hydrogen-bond donors (Lipinski definition) is 1. The number of hydrogen-bond acceptors (Lipinski definition) is 4. The van der Waals surface area contributed by atoms with Gasteiger partial charge in [0.2, 0.25) is 0 Å². The number of benzene rings is 3. The maximum Gasteiger partial charge on any atom is 0.136 e. The van der Waals surface area contributed by atoms with Crippen LogP contribution >= 0.6 is 0 Å². The van der Waals surface area contributed by atoms with E-state index in [1.807, 2.05) is 30.3 Å². The molecule has 3 aromatic carbocycles. The van der Waals surface area contributed by atoms with E-state index in [1.54, 1.807) is 0 Å². The van der Waals surface area contributed by atoms with Crippen LogP contribution in [0, 0.1) is 0 Å². The van der Waals surface area contributed by atoms with Gasteiger partial charge in [-0.2, -0.15) is 5.10 Å². The molecule has 1 N–H and O–H groups in total. The number of para-hydroxylation sites is 2. The number of ether oxygens (including phenoxy) is 2. The summed E-state index contributed by atoms with van der Waals surface area (Å²) in [5, 5.41) is 8.17. The molecular weight excluding hydrogens is 422 g/mol. The predicted molar refractivity (Wildman–Crippen MR) is 136 cm³/mol. The molecule has 1 unspecified atom stereocenters. The van der Waals surface area contributed by atoms with Crippen LogP contribution in [0.5, 0.6) is 11.5 Å². The van der Waals surface area contributed by atoms with Crippen LogP contribution in [0.2, 0.25) is 0 Å². The van der Waals surface area contributed by atoms with E-state index in [2.05, 4.69) is 72.6 Å². The van der Waals surface area contributed by atoms with Crippen molar-refractivity contribution >= 4 is 0 Å². The Hall–Kier alpha value is -3.41. The summed E-state index contributed by atoms with van der Waals surface area (Å²) in [6.45, 7) is 1.69. The second-order valence-corrected chi connectivity index (χ2v) is 9.00. The molecule has 0 radical (unpaired) electrons. The lowest BCUT2D eigenvalue weighted by Gasteiger charge is -2.20. The third kappa shape index (κ3) is 4.76. The third-order valence-corrected chi connectivity index (χ3v) is 6.24. The van der Waals surface area contributed by atoms with Crippen LogP contribution in [0.1, 0.15) is 30.2 Å². The molecule has 1 aromatic heterocycles. The maximum absolute atomic E-state index is 6.53. The number of aromatic nitrogens is 2. The fraction of sp³-hybridized carbons (Fsp3) is 0.276. The molecule has 0 fully saturated rings. The van der Waals surface area contributed by atoms with Crippen LogP contribution in [0.25, 0.3) is 22.4 Å². The molecule has 34 heavy (non-hydrogen) atoms. The zero-order valence-electron chi connectivity index (χ0n) is 19.8. The first-order valence-corrected chi connectivity index (χ1v) is 12.0. The van der Waals surface area contributed by atoms with Gasteiger partial charge in [-0.25, -0.2) is 0 Å². The number of rotatable bonds is 9. The summed E-state index contributed by atoms with van der Waals surface area (Å²) >= 11 is 0. The highest BCUT2D eigenvalue weighted by atomic mass is 16.5. The highest BCUT2D eigenvalue weighted by molar-refractivity contribution is 5.89. The Morgan fingerprint density at radius 2 is 1.56 bits per heavy atom. The quantitative estimate of drug-likeness (QED) is 0.259. The molecule has 5 heteroatoms. The second kappa shape index (κ2) is 10.2. The lowest BCUT2D eigenvalue weighted by Crippen LogP contribution is -2.16. The minimum Gasteiger partial charge on any atom is -0.456 e. The van der Waals surface area contributed by atoms with Crippen molar-refractivity contribution in [1.82, 2.24) is 15.1 Å². The summed E-state index contributed by atoms with van der Waals surface area (Å²) in [6, 6.07) is 26.9. The normalized spacial score (nSPS) is 12.9. The van der Waals surface area contributed by atoms with Gasteiger partial charge in [-0.15, -0.1) is 0 Å². The van der Waals surface area contributed by atoms with Gasteiger partial charge >= 0.3 is 0 Å². The molecule has 0 spiro atoms. The number of aromatic amines is 1. The van der Waals surface area contributed by atoms with Gasteiger partial charge in [-0.1, -0.05) is 60.7 Å². The van der Waals surface area contributed by atoms with Crippen molar-refractivity contribution in [1.29, 1.82) is 0 Å². The molecule has 2 heterocycles. The zero-order chi connectivity index (χ0) is 23.3. The van der Waals surface area contributed by atoms with Gasteiger partial charge < -0.3 is 14.4 Å². The van der Waals surface area contributed by atoms with Crippen LogP contribution in [-0.4, -0.2) is 42.3 Å². The van der Waals surface area contributed by atoms with Gasteiger partial charge in [0.05, 0.1) is 11.8 Å². The van der Waals surface area contributed by atoms with Gasteiger partial charge in [0, 0.05) is 23.3 Å². The van der Waals surface area contributed by atoms with Gasteiger partial charge in [0.1, 0.15) is 17.2 Å². The van der Waals surface area contributed by atoms with Crippen molar-refractivity contribution in [3.05, 3.63) is 90.1 Å². The number of aryl methyl sites for hydroxylation is 1. The first-order valence-electron chi connectivity index (χ1n) is 12.0. The van der Waals surface area contributed by atoms with Crippen LogP contribution in [0.3, 0.4) is 0 Å². The molecule has 1 aliphatic heterocycles. The van der Waals surface area contributed by atoms with Crippen LogP contribution in [0.15, 0.2) is 78.9 Å². The highest BCUT2D eigenvalue weighted by Gasteiger charge is 2.29. The minimum absolute atomic E-state index is 0.100. The van der Waals surface area contributed by atoms with E-state index < -0.39 is 0 Å². The van der Waals surface area contributed by atoms with Crippen molar-refractivity contribution in [3.8, 4) is 33.9 Å². The van der Waals surface area contributed by atoms with Crippen molar-refractivity contribution < 1.29 is 9.47 Å². The average Bonchev–Trinajstić information content (AvgIpc) is 3.23. The molecule has 5 nitrogen and oxygen atoms in total. The molecule has 0 saturated heterocycles. The molecular formula is C29H31N3O2. The molecule has 4 aromatic rings. The largest absolute Gasteiger partial charge is 0.456 e. The Bertz CT molecular complexity index is 1230. The summed E-state index contributed by atoms with van der Waals surface area (Å²) < 4.78 is 12.9. The first kappa shape index (κ1) is 22.4. The van der Waals surface area contributed by atoms with Gasteiger partial charge in [0.25, 0.3) is 0 Å². The Kier molecular flexibility index (Phi) is 6.74. The van der Waals surface area contributed by atoms with E-state index in [4.69, 9.17) is 14.6 Å². The number of nitrogens with one attached hydrogen (secondary N) is 1. The first-order chi connectivity index (χ1) is 16.7. The molecule has 1 aliphatic rings. The molecule has 0 saturated carbocycles. The minimum atomic E-state index is -0.100. The molecule has 5 rings (SSSR count). The smallest absolute Gasteiger partial charge is 0.136 e. The summed E-state index contributed by atoms with van der Waals surface area (Å²) in [7, 11) is 4.19. The van der Waals surface area contributed by atoms with E-state index in [9.17, 15) is 0 Å². The Morgan fingerprint density at radius 1 is 0.882 bits per heavy atom. The lowest BCUT2D eigenvalue weighted by molar-refractivity contribution is 0.0400. The van der Waals surface area contributed by atoms with E-state index in [1.165, 1.54) is 5.56 Å². The van der Waals surface area contributed by atoms with Gasteiger partial charge in [0.15, 0.2) is 0 Å². The van der Waals surface area contributed by atoms with E-state index in [0.29, 0.717) is 6.61 Å². The summed E-state index contributed by atoms with van der Waals surface area (Å²) in [6.07, 6.45) is 2.68. The van der Waals surface area contributed by atoms with Crippen molar-refractivity contribution in [2.24, 2.45) is 0 Å². The maximum atomic E-state index is 6.53. The van der Waals surface area contributed by atoms with Crippen LogP contribution < -0.4 is 4.74 Å². The Labute approximate surface area is 201 Å². The molecule has 1 atom stereocenters. The van der Waals surface area contributed by atoms with E-state index >= 15 is 0 Å². The predicted octanol–water partition coefficient (Wildman–Crippen LogP) is 6.49. The molecule has 0 amide bonds. The average molecular weight is 454 g/mol. The summed E-state index contributed by atoms with van der Waals surface area (Å²) in [4.78, 5) is 2.19. The number of fused-ring (bicyclic) bond motifs is 5. The van der Waals surface area contributed by atoms with Gasteiger partial charge in [-0.05, 0) is 63.7 Å². The summed E-state index contributed by atoms with van der Waals surface area (Å²) in [5.41, 5.74) is 6.35. The van der Waals surface area contributed by atoms with Crippen LogP contribution in [-0.2, 0) is 11.2 Å². The van der Waals surface area contributed by atoms with Crippen molar-refractivity contribution in [3.63, 3.8) is 0 Å². The fourth-order valence-electron chi connectivity index (χ4n) is 4.55. The van der Waals surface area contributed by atoms with Crippen molar-refractivity contribution in [2.75, 3.05) is 27.2 Å². The second-order valence-electron chi connectivity index (χ2n) is 9.00. The molecule has 0 bridgehead atoms. The van der Waals surface area contributed by atoms with E-state index in [0.717, 1.165) is 65.4 Å². The van der Waals surface area contributed by atoms with E-state index in [-0.39, 0.29) is 6.10 Å². The van der Waals surface area contributed by atoms with Gasteiger partial charge in [-0.3, -0.25) is 5.10 Å². The highest BCUT2D eigenvalue weighted by Crippen LogP contribution is 2.48. The summed E-state index contributed by atoms with van der Waals surface area (Å²) in [5.74, 6) is 1.66. The standard InChI is InChI=1S/C29H31N3O2/c1-32(2)19-10-20-33-26(18-17-21-11-4-3-5-12-21)29-27-22-13-6-8-15-24(22)34-25-16-9-7-14-23(25)28(27)30-31-29/h3-9,11-16,26H,10,17-20H2,1-2H3,(H,30,31). The van der Waals surface area contributed by atoms with Crippen LogP contribution in [0.4, 0.5) is 0 Å². The molecule has 0 aliphatic carbocycles. The number of H-pyrrole nitrogens is 1. The SMILES string of the molecule is CN(C)CCCOC(CCc1ccccc1)c1[nH]nc2c1-c1ccccc1Oc1ccccc1-2. The van der Waals surface area contributed by atoms with Crippen molar-refractivity contribution in [2.45, 2.75) is 25.4 Å². The fourth-order valence-corrected chi connectivity index (χ4v) is 4.55.